The minimum absolute atomic E-state index is 0. The van der Waals surface area contributed by atoms with E-state index in [2.05, 4.69) is 15.5 Å². The first-order valence-electron chi connectivity index (χ1n) is 7.68. The van der Waals surface area contributed by atoms with E-state index in [0.717, 1.165) is 19.6 Å². The molecule has 2 amide bonds. The van der Waals surface area contributed by atoms with Crippen molar-refractivity contribution in [2.24, 2.45) is 5.73 Å². The Hall–Kier alpha value is -1.63. The predicted octanol–water partition coefficient (Wildman–Crippen LogP) is 1.22. The SMILES string of the molecule is CNC1CCCN(CCC(=O)Nc2ccc(C(N)=O)cc2)C1.Cl. The molecule has 23 heavy (non-hydrogen) atoms. The topological polar surface area (TPSA) is 87.5 Å². The lowest BCUT2D eigenvalue weighted by molar-refractivity contribution is -0.116. The zero-order valence-corrected chi connectivity index (χ0v) is 14.2. The third-order valence-corrected chi connectivity index (χ3v) is 4.02. The summed E-state index contributed by atoms with van der Waals surface area (Å²) in [6.07, 6.45) is 2.83. The highest BCUT2D eigenvalue weighted by Gasteiger charge is 2.18. The van der Waals surface area contributed by atoms with Crippen LogP contribution in [0, 0.1) is 0 Å². The second kappa shape index (κ2) is 9.50. The van der Waals surface area contributed by atoms with E-state index < -0.39 is 5.91 Å². The zero-order chi connectivity index (χ0) is 15.9. The normalized spacial score (nSPS) is 18.0. The van der Waals surface area contributed by atoms with E-state index in [1.807, 2.05) is 7.05 Å². The van der Waals surface area contributed by atoms with Gasteiger partial charge in [0, 0.05) is 36.8 Å². The number of carbonyl (C=O) groups excluding carboxylic acids is 2. The highest BCUT2D eigenvalue weighted by Crippen LogP contribution is 2.12. The Labute approximate surface area is 143 Å². The minimum Gasteiger partial charge on any atom is -0.366 e. The molecular weight excluding hydrogens is 316 g/mol. The van der Waals surface area contributed by atoms with Gasteiger partial charge in [-0.1, -0.05) is 0 Å². The third-order valence-electron chi connectivity index (χ3n) is 4.02. The number of nitrogens with one attached hydrogen (secondary N) is 2. The van der Waals surface area contributed by atoms with E-state index in [1.165, 1.54) is 12.8 Å². The largest absolute Gasteiger partial charge is 0.366 e. The summed E-state index contributed by atoms with van der Waals surface area (Å²) in [5.74, 6) is -0.486. The van der Waals surface area contributed by atoms with Crippen molar-refractivity contribution in [2.75, 3.05) is 32.0 Å². The maximum Gasteiger partial charge on any atom is 0.248 e. The summed E-state index contributed by atoms with van der Waals surface area (Å²) in [4.78, 5) is 25.3. The minimum atomic E-state index is -0.470. The third kappa shape index (κ3) is 6.17. The predicted molar refractivity (Wildman–Crippen MR) is 94.0 cm³/mol. The highest BCUT2D eigenvalue weighted by molar-refractivity contribution is 5.94. The van der Waals surface area contributed by atoms with Gasteiger partial charge in [0.25, 0.3) is 0 Å². The van der Waals surface area contributed by atoms with Gasteiger partial charge in [0.1, 0.15) is 0 Å². The van der Waals surface area contributed by atoms with E-state index in [0.29, 0.717) is 23.7 Å². The molecule has 128 valence electrons. The van der Waals surface area contributed by atoms with Gasteiger partial charge in [-0.05, 0) is 50.7 Å². The molecule has 0 aromatic heterocycles. The van der Waals surface area contributed by atoms with Crippen LogP contribution in [0.4, 0.5) is 5.69 Å². The lowest BCUT2D eigenvalue weighted by Gasteiger charge is -2.32. The van der Waals surface area contributed by atoms with Gasteiger partial charge in [-0.2, -0.15) is 0 Å². The van der Waals surface area contributed by atoms with Crippen molar-refractivity contribution in [3.63, 3.8) is 0 Å². The van der Waals surface area contributed by atoms with Crippen molar-refractivity contribution in [3.05, 3.63) is 29.8 Å². The average Bonchev–Trinajstić information content (AvgIpc) is 2.53. The number of rotatable bonds is 6. The van der Waals surface area contributed by atoms with Gasteiger partial charge >= 0.3 is 0 Å². The summed E-state index contributed by atoms with van der Waals surface area (Å²) in [6, 6.07) is 7.13. The summed E-state index contributed by atoms with van der Waals surface area (Å²) in [5.41, 5.74) is 6.30. The standard InChI is InChI=1S/C16H24N4O2.ClH/c1-18-14-3-2-9-20(11-14)10-8-15(21)19-13-6-4-12(5-7-13)16(17)22;/h4-7,14,18H,2-3,8-11H2,1H3,(H2,17,22)(H,19,21);1H. The summed E-state index contributed by atoms with van der Waals surface area (Å²) >= 11 is 0. The molecule has 0 radical (unpaired) electrons. The number of primary amides is 1. The fourth-order valence-corrected chi connectivity index (χ4v) is 2.70. The van der Waals surface area contributed by atoms with Crippen LogP contribution in [-0.2, 0) is 4.79 Å². The molecule has 2 rings (SSSR count). The molecule has 1 fully saturated rings. The molecule has 0 bridgehead atoms. The molecule has 1 aliphatic rings. The molecule has 1 atom stereocenters. The Kier molecular flexibility index (Phi) is 8.02. The van der Waals surface area contributed by atoms with E-state index in [4.69, 9.17) is 5.73 Å². The number of anilines is 1. The van der Waals surface area contributed by atoms with E-state index in [9.17, 15) is 9.59 Å². The van der Waals surface area contributed by atoms with Gasteiger partial charge in [-0.15, -0.1) is 12.4 Å². The number of amides is 2. The Morgan fingerprint density at radius 1 is 1.30 bits per heavy atom. The number of carbonyl (C=O) groups is 2. The van der Waals surface area contributed by atoms with Crippen LogP contribution in [-0.4, -0.2) is 49.4 Å². The number of nitrogens with two attached hydrogens (primary N) is 1. The first-order chi connectivity index (χ1) is 10.6. The van der Waals surface area contributed by atoms with Crippen LogP contribution < -0.4 is 16.4 Å². The molecule has 1 saturated heterocycles. The number of piperidine rings is 1. The van der Waals surface area contributed by atoms with Gasteiger partial charge in [0.2, 0.25) is 11.8 Å². The molecule has 0 spiro atoms. The van der Waals surface area contributed by atoms with Crippen molar-refractivity contribution < 1.29 is 9.59 Å². The van der Waals surface area contributed by atoms with Crippen LogP contribution in [0.15, 0.2) is 24.3 Å². The van der Waals surface area contributed by atoms with E-state index in [-0.39, 0.29) is 18.3 Å². The zero-order valence-electron chi connectivity index (χ0n) is 13.4. The van der Waals surface area contributed by atoms with Gasteiger partial charge in [0.05, 0.1) is 0 Å². The Balaban J connectivity index is 0.00000264. The first kappa shape index (κ1) is 19.4. The molecular formula is C16H25ClN4O2. The number of hydrogen-bond acceptors (Lipinski definition) is 4. The van der Waals surface area contributed by atoms with Crippen molar-refractivity contribution in [3.8, 4) is 0 Å². The van der Waals surface area contributed by atoms with Crippen LogP contribution in [0.5, 0.6) is 0 Å². The fraction of sp³-hybridized carbons (Fsp3) is 0.500. The number of hydrogen-bond donors (Lipinski definition) is 3. The van der Waals surface area contributed by atoms with Crippen molar-refractivity contribution in [2.45, 2.75) is 25.3 Å². The summed E-state index contributed by atoms with van der Waals surface area (Å²) in [6.45, 7) is 2.82. The molecule has 1 unspecified atom stereocenters. The summed E-state index contributed by atoms with van der Waals surface area (Å²) in [5, 5.41) is 6.14. The molecule has 1 aliphatic heterocycles. The van der Waals surface area contributed by atoms with Crippen molar-refractivity contribution in [1.82, 2.24) is 10.2 Å². The molecule has 1 aromatic rings. The monoisotopic (exact) mass is 340 g/mol. The Morgan fingerprint density at radius 3 is 2.61 bits per heavy atom. The smallest absolute Gasteiger partial charge is 0.248 e. The molecule has 1 aromatic carbocycles. The Morgan fingerprint density at radius 2 is 2.00 bits per heavy atom. The number of likely N-dealkylation sites (N-methyl/N-ethyl adjacent to an activating group) is 1. The summed E-state index contributed by atoms with van der Waals surface area (Å²) in [7, 11) is 1.98. The second-order valence-corrected chi connectivity index (χ2v) is 5.67. The molecule has 0 saturated carbocycles. The molecule has 4 N–H and O–H groups in total. The van der Waals surface area contributed by atoms with Crippen LogP contribution >= 0.6 is 12.4 Å². The maximum atomic E-state index is 12.0. The van der Waals surface area contributed by atoms with Crippen molar-refractivity contribution >= 4 is 29.9 Å². The second-order valence-electron chi connectivity index (χ2n) is 5.67. The highest BCUT2D eigenvalue weighted by atomic mass is 35.5. The van der Waals surface area contributed by atoms with Crippen LogP contribution in [0.1, 0.15) is 29.6 Å². The number of likely N-dealkylation sites (tertiary alicyclic amines) is 1. The molecule has 7 heteroatoms. The van der Waals surface area contributed by atoms with Gasteiger partial charge in [0.15, 0.2) is 0 Å². The molecule has 6 nitrogen and oxygen atoms in total. The number of nitrogens with zero attached hydrogens (tertiary/aromatic N) is 1. The van der Waals surface area contributed by atoms with E-state index in [1.54, 1.807) is 24.3 Å². The first-order valence-corrected chi connectivity index (χ1v) is 7.68. The van der Waals surface area contributed by atoms with E-state index >= 15 is 0 Å². The number of benzene rings is 1. The van der Waals surface area contributed by atoms with Crippen LogP contribution in [0.3, 0.4) is 0 Å². The van der Waals surface area contributed by atoms with Gasteiger partial charge in [-0.25, -0.2) is 0 Å². The quantitative estimate of drug-likeness (QED) is 0.726. The maximum absolute atomic E-state index is 12.0. The lowest BCUT2D eigenvalue weighted by Crippen LogP contribution is -2.45. The number of halogens is 1. The fourth-order valence-electron chi connectivity index (χ4n) is 2.70. The van der Waals surface area contributed by atoms with Crippen LogP contribution in [0.2, 0.25) is 0 Å². The molecule has 0 aliphatic carbocycles. The van der Waals surface area contributed by atoms with Crippen LogP contribution in [0.25, 0.3) is 0 Å². The van der Waals surface area contributed by atoms with Crippen molar-refractivity contribution in [1.29, 1.82) is 0 Å². The Bertz CT molecular complexity index is 521. The van der Waals surface area contributed by atoms with Gasteiger partial charge in [-0.3, -0.25) is 9.59 Å². The lowest BCUT2D eigenvalue weighted by atomic mass is 10.1. The van der Waals surface area contributed by atoms with Gasteiger partial charge < -0.3 is 21.3 Å². The molecule has 1 heterocycles. The average molecular weight is 341 g/mol. The summed E-state index contributed by atoms with van der Waals surface area (Å²) < 4.78 is 0.